The second-order valence-electron chi connectivity index (χ2n) is 4.71. The van der Waals surface area contributed by atoms with Gasteiger partial charge in [-0.15, -0.1) is 0 Å². The molecule has 0 aromatic heterocycles. The molecule has 0 aromatic rings. The molecule has 0 unspecified atom stereocenters. The molecular formula is C12H23N3O3. The number of rotatable bonds is 8. The van der Waals surface area contributed by atoms with Crippen LogP contribution in [0.5, 0.6) is 0 Å². The summed E-state index contributed by atoms with van der Waals surface area (Å²) < 4.78 is 0. The quantitative estimate of drug-likeness (QED) is 0.544. The predicted molar refractivity (Wildman–Crippen MR) is 69.0 cm³/mol. The van der Waals surface area contributed by atoms with E-state index in [9.17, 15) is 14.4 Å². The van der Waals surface area contributed by atoms with Crippen LogP contribution in [0.4, 0.5) is 0 Å². The number of hydrogen-bond acceptors (Lipinski definition) is 4. The Morgan fingerprint density at radius 1 is 0.833 bits per heavy atom. The van der Waals surface area contributed by atoms with Gasteiger partial charge in [-0.1, -0.05) is 27.7 Å². The maximum Gasteiger partial charge on any atom is 0.239 e. The molecule has 0 aliphatic rings. The van der Waals surface area contributed by atoms with E-state index in [0.29, 0.717) is 0 Å². The SMILES string of the molecule is CC(C)NCC(=O)NCC(=O)NCC(=O)C(C)C. The number of ketones is 1. The average molecular weight is 257 g/mol. The van der Waals surface area contributed by atoms with E-state index in [1.807, 2.05) is 13.8 Å². The summed E-state index contributed by atoms with van der Waals surface area (Å²) in [4.78, 5) is 33.8. The Bertz CT molecular complexity index is 301. The van der Waals surface area contributed by atoms with Crippen LogP contribution < -0.4 is 16.0 Å². The zero-order valence-corrected chi connectivity index (χ0v) is 11.5. The van der Waals surface area contributed by atoms with Gasteiger partial charge in [-0.05, 0) is 0 Å². The molecule has 0 heterocycles. The zero-order valence-electron chi connectivity index (χ0n) is 11.5. The van der Waals surface area contributed by atoms with Gasteiger partial charge in [0, 0.05) is 12.0 Å². The van der Waals surface area contributed by atoms with Gasteiger partial charge in [-0.2, -0.15) is 0 Å². The minimum absolute atomic E-state index is 0.0105. The number of nitrogens with one attached hydrogen (secondary N) is 3. The largest absolute Gasteiger partial charge is 0.347 e. The van der Waals surface area contributed by atoms with Crippen molar-refractivity contribution in [2.24, 2.45) is 5.92 Å². The van der Waals surface area contributed by atoms with Crippen LogP contribution in [0.15, 0.2) is 0 Å². The molecule has 0 radical (unpaired) electrons. The molecule has 0 bridgehead atoms. The van der Waals surface area contributed by atoms with Gasteiger partial charge in [0.15, 0.2) is 5.78 Å². The number of hydrogen-bond donors (Lipinski definition) is 3. The molecule has 2 amide bonds. The monoisotopic (exact) mass is 257 g/mol. The fraction of sp³-hybridized carbons (Fsp3) is 0.750. The van der Waals surface area contributed by atoms with E-state index in [-0.39, 0.29) is 49.2 Å². The Kier molecular flexibility index (Phi) is 7.94. The van der Waals surface area contributed by atoms with E-state index < -0.39 is 0 Å². The summed E-state index contributed by atoms with van der Waals surface area (Å²) in [6.45, 7) is 7.48. The fourth-order valence-corrected chi connectivity index (χ4v) is 0.991. The van der Waals surface area contributed by atoms with Crippen molar-refractivity contribution in [1.29, 1.82) is 0 Å². The smallest absolute Gasteiger partial charge is 0.239 e. The first-order valence-electron chi connectivity index (χ1n) is 6.12. The van der Waals surface area contributed by atoms with Crippen LogP contribution in [0, 0.1) is 5.92 Å². The maximum absolute atomic E-state index is 11.3. The maximum atomic E-state index is 11.3. The van der Waals surface area contributed by atoms with Crippen LogP contribution in [0.25, 0.3) is 0 Å². The summed E-state index contributed by atoms with van der Waals surface area (Å²) in [6.07, 6.45) is 0. The molecular weight excluding hydrogens is 234 g/mol. The van der Waals surface area contributed by atoms with E-state index >= 15 is 0 Å². The molecule has 0 atom stereocenters. The van der Waals surface area contributed by atoms with Crippen molar-refractivity contribution in [3.63, 3.8) is 0 Å². The van der Waals surface area contributed by atoms with Crippen molar-refractivity contribution in [2.45, 2.75) is 33.7 Å². The van der Waals surface area contributed by atoms with E-state index in [1.165, 1.54) is 0 Å². The van der Waals surface area contributed by atoms with E-state index in [4.69, 9.17) is 0 Å². The van der Waals surface area contributed by atoms with E-state index in [1.54, 1.807) is 13.8 Å². The lowest BCUT2D eigenvalue weighted by Crippen LogP contribution is -2.43. The molecule has 0 rings (SSSR count). The van der Waals surface area contributed by atoms with Gasteiger partial charge in [0.2, 0.25) is 11.8 Å². The number of Topliss-reactive ketones (excluding diaryl/α,β-unsaturated/α-hetero) is 1. The molecule has 0 fully saturated rings. The average Bonchev–Trinajstić information content (AvgIpc) is 2.30. The van der Waals surface area contributed by atoms with Crippen molar-refractivity contribution in [3.8, 4) is 0 Å². The number of carbonyl (C=O) groups is 3. The molecule has 18 heavy (non-hydrogen) atoms. The number of amides is 2. The fourth-order valence-electron chi connectivity index (χ4n) is 0.991. The third-order valence-electron chi connectivity index (χ3n) is 2.22. The zero-order chi connectivity index (χ0) is 14.1. The lowest BCUT2D eigenvalue weighted by molar-refractivity contribution is -0.127. The summed E-state index contributed by atoms with van der Waals surface area (Å²) in [5.74, 6) is -0.734. The Morgan fingerprint density at radius 2 is 1.33 bits per heavy atom. The van der Waals surface area contributed by atoms with Gasteiger partial charge >= 0.3 is 0 Å². The Hall–Kier alpha value is -1.43. The molecule has 104 valence electrons. The van der Waals surface area contributed by atoms with Crippen LogP contribution in [0.1, 0.15) is 27.7 Å². The molecule has 0 aromatic carbocycles. The minimum Gasteiger partial charge on any atom is -0.347 e. The van der Waals surface area contributed by atoms with Crippen molar-refractivity contribution >= 4 is 17.6 Å². The highest BCUT2D eigenvalue weighted by atomic mass is 16.2. The highest BCUT2D eigenvalue weighted by Gasteiger charge is 2.10. The molecule has 0 aliphatic carbocycles. The molecule has 0 spiro atoms. The summed E-state index contributed by atoms with van der Waals surface area (Å²) in [7, 11) is 0. The van der Waals surface area contributed by atoms with Gasteiger partial charge < -0.3 is 16.0 Å². The van der Waals surface area contributed by atoms with Gasteiger partial charge in [0.25, 0.3) is 0 Å². The Morgan fingerprint density at radius 3 is 1.83 bits per heavy atom. The second kappa shape index (κ2) is 8.63. The first kappa shape index (κ1) is 16.6. The second-order valence-corrected chi connectivity index (χ2v) is 4.71. The highest BCUT2D eigenvalue weighted by Crippen LogP contribution is 1.91. The van der Waals surface area contributed by atoms with Gasteiger partial charge in [0.1, 0.15) is 0 Å². The van der Waals surface area contributed by atoms with Crippen LogP contribution in [0.2, 0.25) is 0 Å². The molecule has 0 saturated heterocycles. The van der Waals surface area contributed by atoms with Crippen LogP contribution in [0.3, 0.4) is 0 Å². The summed E-state index contributed by atoms with van der Waals surface area (Å²) in [5, 5.41) is 7.86. The highest BCUT2D eigenvalue weighted by molar-refractivity contribution is 5.89. The molecule has 0 saturated carbocycles. The molecule has 0 aliphatic heterocycles. The minimum atomic E-state index is -0.359. The first-order valence-corrected chi connectivity index (χ1v) is 6.12. The standard InChI is InChI=1S/C12H23N3O3/c1-8(2)10(16)5-14-12(18)7-15-11(17)6-13-9(3)4/h8-9,13H,5-7H2,1-4H3,(H,14,18)(H,15,17). The molecule has 6 heteroatoms. The summed E-state index contributed by atoms with van der Waals surface area (Å²) >= 11 is 0. The lowest BCUT2D eigenvalue weighted by atomic mass is 10.1. The third kappa shape index (κ3) is 8.69. The van der Waals surface area contributed by atoms with Crippen molar-refractivity contribution in [1.82, 2.24) is 16.0 Å². The van der Waals surface area contributed by atoms with Crippen LogP contribution in [-0.2, 0) is 14.4 Å². The lowest BCUT2D eigenvalue weighted by Gasteiger charge is -2.09. The summed E-state index contributed by atoms with van der Waals surface area (Å²) in [6, 6.07) is 0.216. The van der Waals surface area contributed by atoms with Gasteiger partial charge in [0.05, 0.1) is 19.6 Å². The third-order valence-corrected chi connectivity index (χ3v) is 2.22. The number of carbonyl (C=O) groups excluding carboxylic acids is 3. The normalized spacial score (nSPS) is 10.6. The van der Waals surface area contributed by atoms with Crippen LogP contribution in [-0.4, -0.2) is 43.3 Å². The van der Waals surface area contributed by atoms with Crippen molar-refractivity contribution in [3.05, 3.63) is 0 Å². The van der Waals surface area contributed by atoms with Gasteiger partial charge in [-0.25, -0.2) is 0 Å². The van der Waals surface area contributed by atoms with Gasteiger partial charge in [-0.3, -0.25) is 14.4 Å². The van der Waals surface area contributed by atoms with E-state index in [2.05, 4.69) is 16.0 Å². The first-order chi connectivity index (χ1) is 8.32. The topological polar surface area (TPSA) is 87.3 Å². The van der Waals surface area contributed by atoms with E-state index in [0.717, 1.165) is 0 Å². The Labute approximate surface area is 108 Å². The summed E-state index contributed by atoms with van der Waals surface area (Å²) in [5.41, 5.74) is 0. The van der Waals surface area contributed by atoms with Crippen LogP contribution >= 0.6 is 0 Å². The Balaban J connectivity index is 3.70. The van der Waals surface area contributed by atoms with Crippen molar-refractivity contribution in [2.75, 3.05) is 19.6 Å². The van der Waals surface area contributed by atoms with Crippen molar-refractivity contribution < 1.29 is 14.4 Å². The molecule has 3 N–H and O–H groups in total. The predicted octanol–water partition coefficient (Wildman–Crippen LogP) is -0.558. The molecule has 6 nitrogen and oxygen atoms in total.